The predicted octanol–water partition coefficient (Wildman–Crippen LogP) is 2.40. The Morgan fingerprint density at radius 2 is 2.00 bits per heavy atom. The fourth-order valence-electron chi connectivity index (χ4n) is 3.07. The van der Waals surface area contributed by atoms with Gasteiger partial charge in [0.15, 0.2) is 0 Å². The summed E-state index contributed by atoms with van der Waals surface area (Å²) in [5.41, 5.74) is 4.09. The second kappa shape index (κ2) is 7.81. The summed E-state index contributed by atoms with van der Waals surface area (Å²) in [7, 11) is 0. The molecule has 1 amide bonds. The van der Waals surface area contributed by atoms with Crippen molar-refractivity contribution < 1.29 is 4.79 Å². The number of aryl methyl sites for hydroxylation is 2. The Kier molecular flexibility index (Phi) is 6.02. The molecule has 1 atom stereocenters. The van der Waals surface area contributed by atoms with Crippen molar-refractivity contribution in [3.05, 3.63) is 52.8 Å². The molecule has 130 valence electrons. The molecule has 1 N–H and O–H groups in total. The van der Waals surface area contributed by atoms with Gasteiger partial charge in [0.25, 0.3) is 5.91 Å². The third-order valence-electron chi connectivity index (χ3n) is 4.40. The Morgan fingerprint density at radius 3 is 2.58 bits per heavy atom. The van der Waals surface area contributed by atoms with Crippen LogP contribution in [-0.4, -0.2) is 46.3 Å². The molecule has 0 aliphatic carbocycles. The van der Waals surface area contributed by atoms with Crippen molar-refractivity contribution in [3.8, 4) is 0 Å². The molecule has 0 spiro atoms. The average Bonchev–Trinajstić information content (AvgIpc) is 2.85. The number of halogens is 1. The van der Waals surface area contributed by atoms with Crippen LogP contribution in [0.2, 0.25) is 0 Å². The Balaban J connectivity index is 0.00000208. The van der Waals surface area contributed by atoms with E-state index < -0.39 is 0 Å². The minimum absolute atomic E-state index is 0. The van der Waals surface area contributed by atoms with E-state index in [4.69, 9.17) is 0 Å². The monoisotopic (exact) mass is 348 g/mol. The van der Waals surface area contributed by atoms with Gasteiger partial charge in [-0.2, -0.15) is 5.10 Å². The summed E-state index contributed by atoms with van der Waals surface area (Å²) in [6, 6.07) is 10.2. The molecule has 1 saturated heterocycles. The van der Waals surface area contributed by atoms with Crippen molar-refractivity contribution in [2.24, 2.45) is 0 Å². The first kappa shape index (κ1) is 18.5. The maximum Gasteiger partial charge on any atom is 0.254 e. The molecule has 0 bridgehead atoms. The summed E-state index contributed by atoms with van der Waals surface area (Å²) in [5, 5.41) is 7.79. The van der Waals surface area contributed by atoms with Gasteiger partial charge >= 0.3 is 0 Å². The number of piperazine rings is 1. The van der Waals surface area contributed by atoms with Crippen molar-refractivity contribution in [2.45, 2.75) is 33.4 Å². The molecule has 5 nitrogen and oxygen atoms in total. The van der Waals surface area contributed by atoms with Gasteiger partial charge in [-0.3, -0.25) is 9.48 Å². The zero-order valence-electron chi connectivity index (χ0n) is 14.5. The van der Waals surface area contributed by atoms with Crippen LogP contribution in [-0.2, 0) is 6.54 Å². The minimum atomic E-state index is 0. The van der Waals surface area contributed by atoms with Crippen LogP contribution in [0, 0.1) is 13.8 Å². The lowest BCUT2D eigenvalue weighted by Gasteiger charge is -2.34. The van der Waals surface area contributed by atoms with E-state index in [0.29, 0.717) is 0 Å². The molecule has 6 heteroatoms. The highest BCUT2D eigenvalue weighted by atomic mass is 35.5. The molecule has 1 aliphatic heterocycles. The van der Waals surface area contributed by atoms with Gasteiger partial charge in [-0.25, -0.2) is 0 Å². The zero-order valence-corrected chi connectivity index (χ0v) is 15.3. The molecular weight excluding hydrogens is 324 g/mol. The summed E-state index contributed by atoms with van der Waals surface area (Å²) in [6.07, 6.45) is 0. The number of hydrogen-bond acceptors (Lipinski definition) is 3. The maximum absolute atomic E-state index is 12.6. The quantitative estimate of drug-likeness (QED) is 0.926. The van der Waals surface area contributed by atoms with Crippen LogP contribution in [0.5, 0.6) is 0 Å². The number of rotatable bonds is 3. The molecule has 2 heterocycles. The number of carbonyl (C=O) groups excluding carboxylic acids is 1. The van der Waals surface area contributed by atoms with E-state index in [2.05, 4.69) is 30.3 Å². The van der Waals surface area contributed by atoms with Crippen molar-refractivity contribution in [2.75, 3.05) is 19.6 Å². The van der Waals surface area contributed by atoms with Gasteiger partial charge in [0, 0.05) is 36.9 Å². The Labute approximate surface area is 149 Å². The van der Waals surface area contributed by atoms with Crippen LogP contribution in [0.4, 0.5) is 0 Å². The Morgan fingerprint density at radius 1 is 1.29 bits per heavy atom. The molecule has 0 radical (unpaired) electrons. The zero-order chi connectivity index (χ0) is 16.4. The molecule has 1 aromatic carbocycles. The first-order valence-corrected chi connectivity index (χ1v) is 8.16. The van der Waals surface area contributed by atoms with Gasteiger partial charge in [0.1, 0.15) is 0 Å². The third kappa shape index (κ3) is 3.97. The fraction of sp³-hybridized carbons (Fsp3) is 0.444. The van der Waals surface area contributed by atoms with E-state index in [1.54, 1.807) is 0 Å². The van der Waals surface area contributed by atoms with Gasteiger partial charge in [-0.15, -0.1) is 12.4 Å². The first-order valence-electron chi connectivity index (χ1n) is 8.16. The summed E-state index contributed by atoms with van der Waals surface area (Å²) >= 11 is 0. The van der Waals surface area contributed by atoms with Gasteiger partial charge in [0.05, 0.1) is 12.2 Å². The van der Waals surface area contributed by atoms with E-state index >= 15 is 0 Å². The second-order valence-electron chi connectivity index (χ2n) is 6.33. The molecule has 1 fully saturated rings. The molecular formula is C18H25ClN4O. The second-order valence-corrected chi connectivity index (χ2v) is 6.33. The average molecular weight is 349 g/mol. The lowest BCUT2D eigenvalue weighted by atomic mass is 10.1. The predicted molar refractivity (Wildman–Crippen MR) is 97.9 cm³/mol. The van der Waals surface area contributed by atoms with Crippen LogP contribution in [0.15, 0.2) is 30.3 Å². The maximum atomic E-state index is 12.6. The van der Waals surface area contributed by atoms with Crippen molar-refractivity contribution in [1.82, 2.24) is 20.0 Å². The van der Waals surface area contributed by atoms with Gasteiger partial charge in [-0.1, -0.05) is 12.1 Å². The van der Waals surface area contributed by atoms with Crippen molar-refractivity contribution >= 4 is 18.3 Å². The van der Waals surface area contributed by atoms with Crippen LogP contribution in [0.3, 0.4) is 0 Å². The summed E-state index contributed by atoms with van der Waals surface area (Å²) in [5.74, 6) is 0.122. The molecule has 2 aromatic rings. The highest BCUT2D eigenvalue weighted by molar-refractivity contribution is 5.94. The highest BCUT2D eigenvalue weighted by Gasteiger charge is 2.23. The largest absolute Gasteiger partial charge is 0.333 e. The van der Waals surface area contributed by atoms with E-state index in [9.17, 15) is 4.79 Å². The minimum Gasteiger partial charge on any atom is -0.333 e. The lowest BCUT2D eigenvalue weighted by molar-refractivity contribution is 0.0656. The molecule has 1 aliphatic rings. The molecule has 1 aromatic heterocycles. The van der Waals surface area contributed by atoms with Crippen LogP contribution >= 0.6 is 12.4 Å². The SMILES string of the molecule is Cc1cc(C)n(Cc2ccc(C(=O)N3CCNC[C@H]3C)cc2)n1.Cl. The first-order chi connectivity index (χ1) is 11.0. The summed E-state index contributed by atoms with van der Waals surface area (Å²) in [4.78, 5) is 14.6. The normalized spacial score (nSPS) is 17.5. The smallest absolute Gasteiger partial charge is 0.254 e. The molecule has 24 heavy (non-hydrogen) atoms. The number of benzene rings is 1. The van der Waals surface area contributed by atoms with Crippen molar-refractivity contribution in [1.29, 1.82) is 0 Å². The topological polar surface area (TPSA) is 50.2 Å². The number of carbonyl (C=O) groups is 1. The fourth-order valence-corrected chi connectivity index (χ4v) is 3.07. The number of nitrogens with one attached hydrogen (secondary N) is 1. The van der Waals surface area contributed by atoms with Crippen LogP contribution < -0.4 is 5.32 Å². The van der Waals surface area contributed by atoms with Crippen LogP contribution in [0.25, 0.3) is 0 Å². The van der Waals surface area contributed by atoms with Crippen molar-refractivity contribution in [3.63, 3.8) is 0 Å². The number of aromatic nitrogens is 2. The summed E-state index contributed by atoms with van der Waals surface area (Å²) < 4.78 is 1.99. The van der Waals surface area contributed by atoms with E-state index in [-0.39, 0.29) is 24.4 Å². The van der Waals surface area contributed by atoms with Gasteiger partial charge in [-0.05, 0) is 44.5 Å². The molecule has 0 unspecified atom stereocenters. The lowest BCUT2D eigenvalue weighted by Crippen LogP contribution is -2.52. The molecule has 3 rings (SSSR count). The third-order valence-corrected chi connectivity index (χ3v) is 4.40. The standard InChI is InChI=1S/C18H24N4O.ClH/c1-13-10-14(2)22(20-13)12-16-4-6-17(7-5-16)18(23)21-9-8-19-11-15(21)3;/h4-7,10,15,19H,8-9,11-12H2,1-3H3;1H/t15-;/m1./s1. The van der Waals surface area contributed by atoms with Gasteiger partial charge in [0.2, 0.25) is 0 Å². The number of hydrogen-bond donors (Lipinski definition) is 1. The van der Waals surface area contributed by atoms with Gasteiger partial charge < -0.3 is 10.2 Å². The van der Waals surface area contributed by atoms with E-state index in [0.717, 1.165) is 48.7 Å². The van der Waals surface area contributed by atoms with Crippen LogP contribution in [0.1, 0.15) is 34.2 Å². The van der Waals surface area contributed by atoms with E-state index in [1.165, 1.54) is 0 Å². The Bertz CT molecular complexity index is 696. The highest BCUT2D eigenvalue weighted by Crippen LogP contribution is 2.13. The van der Waals surface area contributed by atoms with E-state index in [1.807, 2.05) is 40.8 Å². The molecule has 0 saturated carbocycles. The summed E-state index contributed by atoms with van der Waals surface area (Å²) in [6.45, 7) is 9.38. The Hall–Kier alpha value is -1.85. The number of amides is 1. The number of nitrogens with zero attached hydrogens (tertiary/aromatic N) is 3.